The van der Waals surface area contributed by atoms with Gasteiger partial charge in [0, 0.05) is 5.56 Å². The maximum atomic E-state index is 12.3. The summed E-state index contributed by atoms with van der Waals surface area (Å²) in [4.78, 5) is 23.8. The van der Waals surface area contributed by atoms with Gasteiger partial charge in [-0.3, -0.25) is 4.79 Å². The zero-order valence-corrected chi connectivity index (χ0v) is 14.2. The maximum Gasteiger partial charge on any atom is 0.337 e. The normalized spacial score (nSPS) is 10.2. The summed E-state index contributed by atoms with van der Waals surface area (Å²) in [6.07, 6.45) is 0. The van der Waals surface area contributed by atoms with Gasteiger partial charge in [-0.2, -0.15) is 0 Å². The molecule has 0 radical (unpaired) electrons. The molecule has 0 unspecified atom stereocenters. The van der Waals surface area contributed by atoms with Crippen molar-refractivity contribution in [2.24, 2.45) is 0 Å². The smallest absolute Gasteiger partial charge is 0.337 e. The highest BCUT2D eigenvalue weighted by Crippen LogP contribution is 2.28. The molecule has 0 aliphatic rings. The molecule has 0 saturated carbocycles. The monoisotopic (exact) mass is 328 g/mol. The molecule has 2 aromatic rings. The van der Waals surface area contributed by atoms with E-state index in [1.165, 1.54) is 20.3 Å². The van der Waals surface area contributed by atoms with Crippen molar-refractivity contribution in [1.82, 2.24) is 0 Å². The maximum absolute atomic E-state index is 12.3. The van der Waals surface area contributed by atoms with E-state index in [1.54, 1.807) is 18.2 Å². The molecule has 5 heteroatoms. The molecule has 0 bridgehead atoms. The number of aryl methyl sites for hydroxylation is 2. The van der Waals surface area contributed by atoms with Crippen LogP contribution in [0, 0.1) is 13.8 Å². The average Bonchev–Trinajstić information content (AvgIpc) is 2.61. The van der Waals surface area contributed by atoms with Crippen LogP contribution < -0.4 is 9.47 Å². The number of rotatable bonds is 6. The van der Waals surface area contributed by atoms with Crippen molar-refractivity contribution >= 4 is 11.8 Å². The van der Waals surface area contributed by atoms with Crippen molar-refractivity contribution in [3.63, 3.8) is 0 Å². The van der Waals surface area contributed by atoms with Crippen LogP contribution in [0.15, 0.2) is 36.4 Å². The van der Waals surface area contributed by atoms with Crippen LogP contribution in [-0.2, 0) is 4.74 Å². The highest BCUT2D eigenvalue weighted by molar-refractivity contribution is 5.97. The molecule has 0 spiro atoms. The highest BCUT2D eigenvalue weighted by atomic mass is 16.5. The van der Waals surface area contributed by atoms with Gasteiger partial charge in [0.15, 0.2) is 23.9 Å². The quantitative estimate of drug-likeness (QED) is 0.601. The summed E-state index contributed by atoms with van der Waals surface area (Å²) in [5.74, 6) is 0.163. The average molecular weight is 328 g/mol. The Bertz CT molecular complexity index is 764. The minimum Gasteiger partial charge on any atom is -0.493 e. The molecule has 0 aliphatic carbocycles. The fourth-order valence-corrected chi connectivity index (χ4v) is 2.17. The van der Waals surface area contributed by atoms with E-state index in [1.807, 2.05) is 26.0 Å². The molecule has 126 valence electrons. The first kappa shape index (κ1) is 17.5. The van der Waals surface area contributed by atoms with Gasteiger partial charge in [-0.05, 0) is 49.2 Å². The molecule has 0 amide bonds. The molecular weight excluding hydrogens is 308 g/mol. The number of benzene rings is 2. The summed E-state index contributed by atoms with van der Waals surface area (Å²) in [5.41, 5.74) is 3.14. The lowest BCUT2D eigenvalue weighted by Gasteiger charge is -2.11. The highest BCUT2D eigenvalue weighted by Gasteiger charge is 2.13. The van der Waals surface area contributed by atoms with Crippen molar-refractivity contribution in [2.45, 2.75) is 13.8 Å². The number of esters is 1. The molecule has 0 aromatic heterocycles. The predicted molar refractivity (Wildman–Crippen MR) is 90.1 cm³/mol. The number of methoxy groups -OCH3 is 2. The lowest BCUT2D eigenvalue weighted by atomic mass is 10.0. The van der Waals surface area contributed by atoms with Crippen LogP contribution in [0.2, 0.25) is 0 Å². The van der Waals surface area contributed by atoms with Gasteiger partial charge in [0.25, 0.3) is 0 Å². The second kappa shape index (κ2) is 7.64. The molecular formula is C19H20O5. The van der Waals surface area contributed by atoms with Crippen LogP contribution in [0.3, 0.4) is 0 Å². The van der Waals surface area contributed by atoms with Gasteiger partial charge in [0.1, 0.15) is 0 Å². The minimum absolute atomic E-state index is 0.115. The Balaban J connectivity index is 2.12. The molecule has 0 atom stereocenters. The molecule has 2 rings (SSSR count). The number of Topliss-reactive ketones (excluding diaryl/α,β-unsaturated/α-hetero) is 1. The number of carbonyl (C=O) groups excluding carboxylic acids is 2. The van der Waals surface area contributed by atoms with Crippen LogP contribution in [0.5, 0.6) is 11.5 Å². The first-order chi connectivity index (χ1) is 11.5. The van der Waals surface area contributed by atoms with Gasteiger partial charge < -0.3 is 14.2 Å². The topological polar surface area (TPSA) is 61.8 Å². The standard InChI is InChI=1S/C19H20O5/c1-12-5-6-14(9-13(12)2)16(20)11-24-17-8-7-15(19(21)23-4)10-18(17)22-3/h5-10H,11H2,1-4H3. The molecule has 2 aromatic carbocycles. The third-order valence-electron chi connectivity index (χ3n) is 3.77. The van der Waals surface area contributed by atoms with E-state index < -0.39 is 5.97 Å². The van der Waals surface area contributed by atoms with E-state index in [0.29, 0.717) is 22.6 Å². The molecule has 0 heterocycles. The second-order valence-electron chi connectivity index (χ2n) is 5.37. The lowest BCUT2D eigenvalue weighted by molar-refractivity contribution is 0.0600. The second-order valence-corrected chi connectivity index (χ2v) is 5.37. The van der Waals surface area contributed by atoms with E-state index in [2.05, 4.69) is 4.74 Å². The molecule has 5 nitrogen and oxygen atoms in total. The lowest BCUT2D eigenvalue weighted by Crippen LogP contribution is -2.12. The zero-order chi connectivity index (χ0) is 17.7. The molecule has 0 saturated heterocycles. The third kappa shape index (κ3) is 3.93. The van der Waals surface area contributed by atoms with Crippen LogP contribution in [0.4, 0.5) is 0 Å². The van der Waals surface area contributed by atoms with Gasteiger partial charge >= 0.3 is 5.97 Å². The Morgan fingerprint density at radius 3 is 2.21 bits per heavy atom. The summed E-state index contributed by atoms with van der Waals surface area (Å²) in [5, 5.41) is 0. The van der Waals surface area contributed by atoms with Crippen molar-refractivity contribution < 1.29 is 23.8 Å². The van der Waals surface area contributed by atoms with Crippen molar-refractivity contribution in [1.29, 1.82) is 0 Å². The van der Waals surface area contributed by atoms with Gasteiger partial charge in [0.2, 0.25) is 0 Å². The molecule has 0 N–H and O–H groups in total. The van der Waals surface area contributed by atoms with E-state index in [-0.39, 0.29) is 12.4 Å². The summed E-state index contributed by atoms with van der Waals surface area (Å²) in [6, 6.07) is 10.2. The fraction of sp³-hybridized carbons (Fsp3) is 0.263. The van der Waals surface area contributed by atoms with Gasteiger partial charge in [-0.15, -0.1) is 0 Å². The number of hydrogen-bond donors (Lipinski definition) is 0. The fourth-order valence-electron chi connectivity index (χ4n) is 2.17. The number of carbonyl (C=O) groups is 2. The Kier molecular flexibility index (Phi) is 5.58. The summed E-state index contributed by atoms with van der Waals surface area (Å²) >= 11 is 0. The number of ether oxygens (including phenoxy) is 3. The largest absolute Gasteiger partial charge is 0.493 e. The van der Waals surface area contributed by atoms with Crippen molar-refractivity contribution in [3.8, 4) is 11.5 Å². The molecule has 0 fully saturated rings. The molecule has 0 aliphatic heterocycles. The summed E-state index contributed by atoms with van der Waals surface area (Å²) < 4.78 is 15.4. The molecule has 24 heavy (non-hydrogen) atoms. The number of ketones is 1. The van der Waals surface area contributed by atoms with Crippen LogP contribution in [-0.4, -0.2) is 32.6 Å². The Morgan fingerprint density at radius 2 is 1.58 bits per heavy atom. The summed E-state index contributed by atoms with van der Waals surface area (Å²) in [7, 11) is 2.77. The van der Waals surface area contributed by atoms with Crippen LogP contribution >= 0.6 is 0 Å². The Labute approximate surface area is 141 Å². The first-order valence-electron chi connectivity index (χ1n) is 7.46. The SMILES string of the molecule is COC(=O)c1ccc(OCC(=O)c2ccc(C)c(C)c2)c(OC)c1. The zero-order valence-electron chi connectivity index (χ0n) is 14.2. The third-order valence-corrected chi connectivity index (χ3v) is 3.77. The van der Waals surface area contributed by atoms with Gasteiger partial charge in [-0.1, -0.05) is 12.1 Å². The Hall–Kier alpha value is -2.82. The van der Waals surface area contributed by atoms with Gasteiger partial charge in [-0.25, -0.2) is 4.79 Å². The van der Waals surface area contributed by atoms with E-state index in [9.17, 15) is 9.59 Å². The van der Waals surface area contributed by atoms with E-state index in [4.69, 9.17) is 9.47 Å². The Morgan fingerprint density at radius 1 is 0.875 bits per heavy atom. The predicted octanol–water partition coefficient (Wildman–Crippen LogP) is 3.36. The van der Waals surface area contributed by atoms with Crippen molar-refractivity contribution in [3.05, 3.63) is 58.7 Å². The van der Waals surface area contributed by atoms with E-state index >= 15 is 0 Å². The number of hydrogen-bond acceptors (Lipinski definition) is 5. The van der Waals surface area contributed by atoms with Gasteiger partial charge in [0.05, 0.1) is 19.8 Å². The van der Waals surface area contributed by atoms with Crippen molar-refractivity contribution in [2.75, 3.05) is 20.8 Å². The first-order valence-corrected chi connectivity index (χ1v) is 7.46. The van der Waals surface area contributed by atoms with Crippen LogP contribution in [0.25, 0.3) is 0 Å². The van der Waals surface area contributed by atoms with Crippen LogP contribution in [0.1, 0.15) is 31.8 Å². The minimum atomic E-state index is -0.467. The summed E-state index contributed by atoms with van der Waals surface area (Å²) in [6.45, 7) is 3.84. The van der Waals surface area contributed by atoms with E-state index in [0.717, 1.165) is 11.1 Å².